The van der Waals surface area contributed by atoms with Crippen LogP contribution in [-0.4, -0.2) is 31.4 Å². The lowest BCUT2D eigenvalue weighted by molar-refractivity contribution is 0.103. The Labute approximate surface area is 128 Å². The lowest BCUT2D eigenvalue weighted by Gasteiger charge is -2.03. The Morgan fingerprint density at radius 3 is 3.00 bits per heavy atom. The number of aryl methyl sites for hydroxylation is 1. The van der Waals surface area contributed by atoms with E-state index in [0.29, 0.717) is 6.54 Å². The number of hydrogen-bond donors (Lipinski definition) is 1. The Balaban J connectivity index is 1.78. The van der Waals surface area contributed by atoms with Gasteiger partial charge in [0.2, 0.25) is 4.96 Å². The molecule has 9 heteroatoms. The first-order valence-electron chi connectivity index (χ1n) is 6.76. The zero-order valence-electron chi connectivity index (χ0n) is 11.4. The highest BCUT2D eigenvalue weighted by atomic mass is 32.1. The van der Waals surface area contributed by atoms with Crippen molar-refractivity contribution < 1.29 is 4.74 Å². The van der Waals surface area contributed by atoms with Crippen LogP contribution in [0.15, 0.2) is 0 Å². The number of nitrogens with two attached hydrogens (primary N) is 1. The standard InChI is InChI=1S/C12H14N6OS2/c1-6-9(20-8(5-13)14-6)11-17-18-10(7-3-2-4-19-7)15-16-12(18)21-11/h7H,2-5,13H2,1H3. The fourth-order valence-corrected chi connectivity index (χ4v) is 4.36. The maximum absolute atomic E-state index is 5.68. The van der Waals surface area contributed by atoms with Crippen molar-refractivity contribution in [1.29, 1.82) is 0 Å². The van der Waals surface area contributed by atoms with Crippen LogP contribution in [0.25, 0.3) is 14.8 Å². The molecule has 21 heavy (non-hydrogen) atoms. The first-order valence-corrected chi connectivity index (χ1v) is 8.40. The summed E-state index contributed by atoms with van der Waals surface area (Å²) in [6.45, 7) is 3.22. The molecule has 7 nitrogen and oxygen atoms in total. The summed E-state index contributed by atoms with van der Waals surface area (Å²) in [5, 5.41) is 14.9. The highest BCUT2D eigenvalue weighted by Crippen LogP contribution is 2.34. The largest absolute Gasteiger partial charge is 0.370 e. The van der Waals surface area contributed by atoms with Crippen molar-refractivity contribution >= 4 is 27.6 Å². The van der Waals surface area contributed by atoms with E-state index in [9.17, 15) is 0 Å². The van der Waals surface area contributed by atoms with Gasteiger partial charge in [0.25, 0.3) is 0 Å². The predicted octanol–water partition coefficient (Wildman–Crippen LogP) is 1.93. The third-order valence-corrected chi connectivity index (χ3v) is 5.67. The molecule has 1 saturated heterocycles. The molecule has 1 atom stereocenters. The van der Waals surface area contributed by atoms with Gasteiger partial charge >= 0.3 is 0 Å². The van der Waals surface area contributed by atoms with Gasteiger partial charge in [-0.1, -0.05) is 11.3 Å². The number of ether oxygens (including phenoxy) is 1. The molecule has 1 fully saturated rings. The summed E-state index contributed by atoms with van der Waals surface area (Å²) < 4.78 is 7.48. The summed E-state index contributed by atoms with van der Waals surface area (Å²) >= 11 is 3.11. The third-order valence-electron chi connectivity index (χ3n) is 3.44. The molecular weight excluding hydrogens is 308 g/mol. The molecular formula is C12H14N6OS2. The zero-order valence-corrected chi connectivity index (χ0v) is 13.1. The van der Waals surface area contributed by atoms with Gasteiger partial charge in [0.05, 0.1) is 10.6 Å². The van der Waals surface area contributed by atoms with E-state index in [1.807, 2.05) is 6.92 Å². The van der Waals surface area contributed by atoms with Gasteiger partial charge in [0.15, 0.2) is 10.8 Å². The molecule has 0 aromatic carbocycles. The number of thiazole rings is 1. The smallest absolute Gasteiger partial charge is 0.235 e. The molecule has 4 heterocycles. The summed E-state index contributed by atoms with van der Waals surface area (Å²) in [5.74, 6) is 0.797. The van der Waals surface area contributed by atoms with Crippen LogP contribution in [0.4, 0.5) is 0 Å². The second-order valence-electron chi connectivity index (χ2n) is 4.89. The second kappa shape index (κ2) is 5.09. The lowest BCUT2D eigenvalue weighted by Crippen LogP contribution is -2.03. The predicted molar refractivity (Wildman–Crippen MR) is 80.3 cm³/mol. The minimum atomic E-state index is 0.0112. The molecule has 0 amide bonds. The van der Waals surface area contributed by atoms with Crippen LogP contribution in [0.5, 0.6) is 0 Å². The van der Waals surface area contributed by atoms with Crippen LogP contribution in [0.3, 0.4) is 0 Å². The molecule has 1 aliphatic heterocycles. The number of aromatic nitrogens is 5. The monoisotopic (exact) mass is 322 g/mol. The van der Waals surface area contributed by atoms with E-state index >= 15 is 0 Å². The second-order valence-corrected chi connectivity index (χ2v) is 6.93. The van der Waals surface area contributed by atoms with Crippen LogP contribution in [0.2, 0.25) is 0 Å². The molecule has 1 unspecified atom stereocenters. The lowest BCUT2D eigenvalue weighted by atomic mass is 10.2. The molecule has 1 aliphatic rings. The molecule has 4 rings (SSSR count). The number of fused-ring (bicyclic) bond motifs is 1. The molecule has 3 aromatic heterocycles. The van der Waals surface area contributed by atoms with Crippen molar-refractivity contribution in [2.75, 3.05) is 6.61 Å². The average molecular weight is 322 g/mol. The van der Waals surface area contributed by atoms with Gasteiger partial charge in [0, 0.05) is 13.2 Å². The van der Waals surface area contributed by atoms with Crippen LogP contribution in [-0.2, 0) is 11.3 Å². The summed E-state index contributed by atoms with van der Waals surface area (Å²) in [7, 11) is 0. The number of nitrogens with zero attached hydrogens (tertiary/aromatic N) is 5. The van der Waals surface area contributed by atoms with Gasteiger partial charge in [-0.2, -0.15) is 9.61 Å². The fraction of sp³-hybridized carbons (Fsp3) is 0.500. The van der Waals surface area contributed by atoms with Crippen LogP contribution >= 0.6 is 22.7 Å². The van der Waals surface area contributed by atoms with E-state index in [2.05, 4.69) is 20.3 Å². The van der Waals surface area contributed by atoms with Crippen molar-refractivity contribution in [2.24, 2.45) is 5.73 Å². The highest BCUT2D eigenvalue weighted by molar-refractivity contribution is 7.24. The summed E-state index contributed by atoms with van der Waals surface area (Å²) in [5.41, 5.74) is 6.62. The molecule has 0 aliphatic carbocycles. The Kier molecular flexibility index (Phi) is 3.21. The Bertz CT molecular complexity index is 785. The van der Waals surface area contributed by atoms with Crippen molar-refractivity contribution in [2.45, 2.75) is 32.4 Å². The maximum atomic E-state index is 5.68. The molecule has 0 saturated carbocycles. The highest BCUT2D eigenvalue weighted by Gasteiger charge is 2.25. The Morgan fingerprint density at radius 1 is 1.38 bits per heavy atom. The molecule has 3 aromatic rings. The molecule has 110 valence electrons. The summed E-state index contributed by atoms with van der Waals surface area (Å²) in [4.78, 5) is 6.30. The minimum Gasteiger partial charge on any atom is -0.370 e. The summed E-state index contributed by atoms with van der Waals surface area (Å²) in [6.07, 6.45) is 2.05. The van der Waals surface area contributed by atoms with Gasteiger partial charge in [-0.3, -0.25) is 0 Å². The molecule has 0 radical (unpaired) electrons. The van der Waals surface area contributed by atoms with Gasteiger partial charge in [-0.15, -0.1) is 21.5 Å². The van der Waals surface area contributed by atoms with Crippen molar-refractivity contribution in [3.63, 3.8) is 0 Å². The van der Waals surface area contributed by atoms with Crippen molar-refractivity contribution in [1.82, 2.24) is 24.8 Å². The average Bonchev–Trinajstić information content (AvgIpc) is 3.20. The van der Waals surface area contributed by atoms with E-state index < -0.39 is 0 Å². The summed E-state index contributed by atoms with van der Waals surface area (Å²) in [6, 6.07) is 0. The number of hydrogen-bond acceptors (Lipinski definition) is 8. The van der Waals surface area contributed by atoms with Crippen LogP contribution in [0.1, 0.15) is 35.5 Å². The van der Waals surface area contributed by atoms with Crippen LogP contribution in [0, 0.1) is 6.92 Å². The van der Waals surface area contributed by atoms with Gasteiger partial charge in [-0.05, 0) is 19.8 Å². The van der Waals surface area contributed by atoms with E-state index in [1.165, 1.54) is 11.3 Å². The number of rotatable bonds is 3. The molecule has 0 spiro atoms. The maximum Gasteiger partial charge on any atom is 0.235 e. The molecule has 0 bridgehead atoms. The van der Waals surface area contributed by atoms with Crippen molar-refractivity contribution in [3.8, 4) is 9.88 Å². The Morgan fingerprint density at radius 2 is 2.29 bits per heavy atom. The zero-order chi connectivity index (χ0) is 14.4. The molecule has 2 N–H and O–H groups in total. The van der Waals surface area contributed by atoms with E-state index in [-0.39, 0.29) is 6.10 Å². The van der Waals surface area contributed by atoms with Crippen molar-refractivity contribution in [3.05, 3.63) is 16.5 Å². The van der Waals surface area contributed by atoms with Gasteiger partial charge < -0.3 is 10.5 Å². The Hall–Kier alpha value is -1.42. The van der Waals surface area contributed by atoms with E-state index in [0.717, 1.165) is 50.8 Å². The first kappa shape index (κ1) is 13.3. The van der Waals surface area contributed by atoms with E-state index in [4.69, 9.17) is 10.5 Å². The van der Waals surface area contributed by atoms with Gasteiger partial charge in [-0.25, -0.2) is 4.98 Å². The minimum absolute atomic E-state index is 0.0112. The van der Waals surface area contributed by atoms with E-state index in [1.54, 1.807) is 15.9 Å². The fourth-order valence-electron chi connectivity index (χ4n) is 2.44. The van der Waals surface area contributed by atoms with Crippen LogP contribution < -0.4 is 5.73 Å². The van der Waals surface area contributed by atoms with Gasteiger partial charge in [0.1, 0.15) is 11.1 Å². The third kappa shape index (κ3) is 2.16. The first-order chi connectivity index (χ1) is 10.3. The quantitative estimate of drug-likeness (QED) is 0.792. The normalized spacial score (nSPS) is 18.9. The SMILES string of the molecule is Cc1nc(CN)sc1-c1nn2c(C3CCCO3)nnc2s1. The topological polar surface area (TPSA) is 91.2 Å².